The van der Waals surface area contributed by atoms with Crippen molar-refractivity contribution in [2.45, 2.75) is 20.8 Å². The molecule has 0 fully saturated rings. The van der Waals surface area contributed by atoms with Gasteiger partial charge in [-0.3, -0.25) is 4.79 Å². The number of ketones is 1. The summed E-state index contributed by atoms with van der Waals surface area (Å²) < 4.78 is 0. The third-order valence-electron chi connectivity index (χ3n) is 3.00. The molecule has 1 aromatic rings. The largest absolute Gasteiger partial charge is 0.506 e. The molecule has 102 valence electrons. The Hall–Kier alpha value is -1.66. The van der Waals surface area contributed by atoms with Crippen LogP contribution in [0.25, 0.3) is 5.57 Å². The molecule has 0 amide bonds. The highest BCUT2D eigenvalue weighted by Gasteiger charge is 2.38. The number of nitrogens with zero attached hydrogens (tertiary/aromatic N) is 2. The highest BCUT2D eigenvalue weighted by atomic mass is 32.2. The summed E-state index contributed by atoms with van der Waals surface area (Å²) in [6.07, 6.45) is 3.84. The third kappa shape index (κ3) is 2.05. The number of aryl methyl sites for hydroxylation is 1. The molecule has 1 aliphatic heterocycles. The summed E-state index contributed by atoms with van der Waals surface area (Å²) in [4.78, 5) is 14.5. The molecule has 6 heteroatoms. The lowest BCUT2D eigenvalue weighted by atomic mass is 9.84. The molecule has 0 aromatic carbocycles. The van der Waals surface area contributed by atoms with Gasteiger partial charge in [-0.15, -0.1) is 10.2 Å². The first-order chi connectivity index (χ1) is 9.47. The maximum Gasteiger partial charge on any atom is 0.204 e. The molecule has 0 saturated carbocycles. The average Bonchev–Trinajstić information content (AvgIpc) is 2.74. The first kappa shape index (κ1) is 13.3. The van der Waals surface area contributed by atoms with Gasteiger partial charge in [0.05, 0.1) is 5.57 Å². The topological polar surface area (TPSA) is 63.1 Å². The fourth-order valence-electron chi connectivity index (χ4n) is 2.20. The van der Waals surface area contributed by atoms with Crippen molar-refractivity contribution >= 4 is 34.5 Å². The molecule has 0 spiro atoms. The van der Waals surface area contributed by atoms with Gasteiger partial charge in [0.1, 0.15) is 16.3 Å². The maximum atomic E-state index is 12.3. The van der Waals surface area contributed by atoms with E-state index < -0.39 is 0 Å². The zero-order valence-corrected chi connectivity index (χ0v) is 12.9. The summed E-state index contributed by atoms with van der Waals surface area (Å²) in [5.74, 6) is -0.130. The lowest BCUT2D eigenvalue weighted by Crippen LogP contribution is -2.22. The molecule has 2 aliphatic rings. The highest BCUT2D eigenvalue weighted by molar-refractivity contribution is 8.06. The Bertz CT molecular complexity index is 731. The van der Waals surface area contributed by atoms with Gasteiger partial charge in [0, 0.05) is 0 Å². The van der Waals surface area contributed by atoms with Crippen molar-refractivity contribution in [2.24, 2.45) is 0 Å². The van der Waals surface area contributed by atoms with Gasteiger partial charge in [-0.25, -0.2) is 0 Å². The third-order valence-corrected chi connectivity index (χ3v) is 4.73. The molecule has 2 heterocycles. The van der Waals surface area contributed by atoms with Gasteiger partial charge in [0.15, 0.2) is 5.01 Å². The number of aliphatic hydroxyl groups excluding tert-OH is 1. The lowest BCUT2D eigenvalue weighted by Gasteiger charge is -2.22. The number of carbonyl (C=O) groups is 1. The van der Waals surface area contributed by atoms with E-state index in [9.17, 15) is 9.90 Å². The Morgan fingerprint density at radius 3 is 2.20 bits per heavy atom. The molecule has 0 bridgehead atoms. The number of hydrogen-bond donors (Lipinski definition) is 1. The van der Waals surface area contributed by atoms with E-state index in [-0.39, 0.29) is 17.1 Å². The van der Waals surface area contributed by atoms with Crippen LogP contribution in [0, 0.1) is 6.92 Å². The van der Waals surface area contributed by atoms with Gasteiger partial charge in [-0.05, 0) is 48.3 Å². The van der Waals surface area contributed by atoms with E-state index in [2.05, 4.69) is 10.2 Å². The van der Waals surface area contributed by atoms with Crippen molar-refractivity contribution in [3.63, 3.8) is 0 Å². The fourth-order valence-corrected chi connectivity index (χ4v) is 3.82. The predicted octanol–water partition coefficient (Wildman–Crippen LogP) is 3.55. The van der Waals surface area contributed by atoms with Crippen LogP contribution in [0.15, 0.2) is 38.9 Å². The molecule has 1 N–H and O–H groups in total. The molecule has 0 saturated heterocycles. The zero-order valence-electron chi connectivity index (χ0n) is 11.2. The van der Waals surface area contributed by atoms with Crippen molar-refractivity contribution in [2.75, 3.05) is 0 Å². The minimum atomic E-state index is -0.159. The standard InChI is InChI=1S/C14H12N2O2S2/c1-6-4-9(5-7(2)19-6)10-12(17)11(13(10)18)14-16-15-8(3)20-14/h4-5,17H,1-3H3. The number of aromatic nitrogens is 2. The summed E-state index contributed by atoms with van der Waals surface area (Å²) in [6.45, 7) is 5.79. The van der Waals surface area contributed by atoms with Crippen LogP contribution >= 0.6 is 23.1 Å². The van der Waals surface area contributed by atoms with Crippen LogP contribution in [0.5, 0.6) is 0 Å². The van der Waals surface area contributed by atoms with Crippen LogP contribution in [0.3, 0.4) is 0 Å². The van der Waals surface area contributed by atoms with E-state index in [0.717, 1.165) is 20.4 Å². The predicted molar refractivity (Wildman–Crippen MR) is 81.3 cm³/mol. The molecule has 20 heavy (non-hydrogen) atoms. The van der Waals surface area contributed by atoms with E-state index in [0.29, 0.717) is 10.6 Å². The number of hydrogen-bond acceptors (Lipinski definition) is 6. The summed E-state index contributed by atoms with van der Waals surface area (Å²) >= 11 is 2.97. The minimum absolute atomic E-state index is 0.0288. The van der Waals surface area contributed by atoms with E-state index in [4.69, 9.17) is 0 Å². The first-order valence-corrected chi connectivity index (χ1v) is 7.68. The molecule has 0 radical (unpaired) electrons. The number of thioether (sulfide) groups is 1. The molecule has 1 aliphatic carbocycles. The van der Waals surface area contributed by atoms with Gasteiger partial charge in [0.2, 0.25) is 5.78 Å². The number of carbonyl (C=O) groups excluding carboxylic acids is 1. The smallest absolute Gasteiger partial charge is 0.204 e. The minimum Gasteiger partial charge on any atom is -0.506 e. The SMILES string of the molecule is CC1=CC(=C2C(=O)C(c3nnc(C)s3)=C2O)C=C(C)S1. The quantitative estimate of drug-likeness (QED) is 0.804. The van der Waals surface area contributed by atoms with Crippen LogP contribution in [0.4, 0.5) is 0 Å². The number of Topliss-reactive ketones (excluding diaryl/α,β-unsaturated/α-hetero) is 1. The van der Waals surface area contributed by atoms with E-state index in [1.54, 1.807) is 11.8 Å². The van der Waals surface area contributed by atoms with Crippen LogP contribution < -0.4 is 0 Å². The van der Waals surface area contributed by atoms with Crippen molar-refractivity contribution in [3.05, 3.63) is 48.9 Å². The second-order valence-corrected chi connectivity index (χ2v) is 7.30. The molecule has 4 nitrogen and oxygen atoms in total. The molecular formula is C14H12N2O2S2. The lowest BCUT2D eigenvalue weighted by molar-refractivity contribution is -0.111. The fraction of sp³-hybridized carbons (Fsp3) is 0.214. The van der Waals surface area contributed by atoms with Gasteiger partial charge in [-0.2, -0.15) is 0 Å². The van der Waals surface area contributed by atoms with Crippen molar-refractivity contribution < 1.29 is 9.90 Å². The van der Waals surface area contributed by atoms with Crippen molar-refractivity contribution in [3.8, 4) is 0 Å². The van der Waals surface area contributed by atoms with Gasteiger partial charge in [-0.1, -0.05) is 23.1 Å². The Morgan fingerprint density at radius 2 is 1.70 bits per heavy atom. The second-order valence-electron chi connectivity index (χ2n) is 4.62. The summed E-state index contributed by atoms with van der Waals surface area (Å²) in [5.41, 5.74) is 1.44. The monoisotopic (exact) mass is 304 g/mol. The Kier molecular flexibility index (Phi) is 3.14. The van der Waals surface area contributed by atoms with Crippen LogP contribution in [0.1, 0.15) is 23.9 Å². The normalized spacial score (nSPS) is 19.1. The molecule has 0 atom stereocenters. The van der Waals surface area contributed by atoms with E-state index >= 15 is 0 Å². The van der Waals surface area contributed by atoms with Crippen molar-refractivity contribution in [1.82, 2.24) is 10.2 Å². The average molecular weight is 304 g/mol. The van der Waals surface area contributed by atoms with Gasteiger partial charge in [0.25, 0.3) is 0 Å². The molecular weight excluding hydrogens is 292 g/mol. The Balaban J connectivity index is 2.10. The van der Waals surface area contributed by atoms with Gasteiger partial charge < -0.3 is 5.11 Å². The number of aliphatic hydroxyl groups is 1. The summed E-state index contributed by atoms with van der Waals surface area (Å²) in [5, 5.41) is 19.3. The van der Waals surface area contributed by atoms with Gasteiger partial charge >= 0.3 is 0 Å². The van der Waals surface area contributed by atoms with Crippen molar-refractivity contribution in [1.29, 1.82) is 0 Å². The van der Waals surface area contributed by atoms with Crippen LogP contribution in [-0.2, 0) is 4.79 Å². The Morgan fingerprint density at radius 1 is 1.05 bits per heavy atom. The maximum absolute atomic E-state index is 12.3. The van der Waals surface area contributed by atoms with Crippen LogP contribution in [-0.4, -0.2) is 21.1 Å². The molecule has 3 rings (SSSR count). The van der Waals surface area contributed by atoms with Crippen LogP contribution in [0.2, 0.25) is 0 Å². The Labute approximate surface area is 124 Å². The molecule has 1 aromatic heterocycles. The summed E-state index contributed by atoms with van der Waals surface area (Å²) in [6, 6.07) is 0. The first-order valence-electron chi connectivity index (χ1n) is 6.05. The second kappa shape index (κ2) is 4.71. The number of allylic oxidation sites excluding steroid dienone is 7. The molecule has 0 unspecified atom stereocenters. The highest BCUT2D eigenvalue weighted by Crippen LogP contribution is 2.42. The van der Waals surface area contributed by atoms with E-state index in [1.165, 1.54) is 11.3 Å². The van der Waals surface area contributed by atoms with E-state index in [1.807, 2.05) is 32.9 Å². The zero-order chi connectivity index (χ0) is 14.4. The number of rotatable bonds is 1. The summed E-state index contributed by atoms with van der Waals surface area (Å²) in [7, 11) is 0.